The molecular formula is C32H33N. The van der Waals surface area contributed by atoms with Gasteiger partial charge in [-0.15, -0.1) is 0 Å². The number of rotatable bonds is 6. The molecule has 166 valence electrons. The fourth-order valence-electron chi connectivity index (χ4n) is 6.27. The van der Waals surface area contributed by atoms with Crippen LogP contribution in [0.25, 0.3) is 0 Å². The predicted molar refractivity (Wildman–Crippen MR) is 138 cm³/mol. The Labute approximate surface area is 198 Å². The van der Waals surface area contributed by atoms with Crippen LogP contribution in [-0.2, 0) is 17.3 Å². The standard InChI is InChI=1S/C32H33N/c1-25-16-18-28(19-17-25)31(20-7-8-21-31)32(30-15-6-9-22-33-30,24-27-12-4-3-5-13-27)29-14-10-11-26(2)23-29/h3-6,9-19,22-23H,7-8,20-21,24H2,1-2H3. The number of nitrogens with zero attached hydrogens (tertiary/aromatic N) is 1. The van der Waals surface area contributed by atoms with Crippen molar-refractivity contribution in [3.63, 3.8) is 0 Å². The quantitative estimate of drug-likeness (QED) is 0.304. The van der Waals surface area contributed by atoms with Gasteiger partial charge >= 0.3 is 0 Å². The van der Waals surface area contributed by atoms with Gasteiger partial charge in [-0.25, -0.2) is 0 Å². The molecule has 1 nitrogen and oxygen atoms in total. The summed E-state index contributed by atoms with van der Waals surface area (Å²) in [4.78, 5) is 5.09. The van der Waals surface area contributed by atoms with Crippen molar-refractivity contribution in [3.05, 3.63) is 137 Å². The molecular weight excluding hydrogens is 398 g/mol. The number of hydrogen-bond acceptors (Lipinski definition) is 1. The van der Waals surface area contributed by atoms with E-state index in [2.05, 4.69) is 105 Å². The summed E-state index contributed by atoms with van der Waals surface area (Å²) in [6.07, 6.45) is 7.76. The third kappa shape index (κ3) is 3.80. The van der Waals surface area contributed by atoms with Crippen LogP contribution in [0.2, 0.25) is 0 Å². The van der Waals surface area contributed by atoms with Gasteiger partial charge in [0.2, 0.25) is 0 Å². The monoisotopic (exact) mass is 431 g/mol. The van der Waals surface area contributed by atoms with E-state index < -0.39 is 0 Å². The van der Waals surface area contributed by atoms with Crippen LogP contribution in [0.15, 0.2) is 103 Å². The van der Waals surface area contributed by atoms with Crippen LogP contribution in [-0.4, -0.2) is 4.98 Å². The van der Waals surface area contributed by atoms with Crippen molar-refractivity contribution in [2.45, 2.75) is 56.8 Å². The Kier molecular flexibility index (Phi) is 5.89. The van der Waals surface area contributed by atoms with Gasteiger partial charge in [-0.05, 0) is 61.9 Å². The van der Waals surface area contributed by atoms with Crippen LogP contribution in [0.4, 0.5) is 0 Å². The molecule has 33 heavy (non-hydrogen) atoms. The first-order valence-corrected chi connectivity index (χ1v) is 12.2. The third-order valence-corrected chi connectivity index (χ3v) is 7.80. The molecule has 1 saturated carbocycles. The number of aromatic nitrogens is 1. The van der Waals surface area contributed by atoms with Crippen LogP contribution in [0.1, 0.15) is 59.2 Å². The van der Waals surface area contributed by atoms with E-state index in [0.717, 1.165) is 6.42 Å². The van der Waals surface area contributed by atoms with Crippen molar-refractivity contribution in [1.82, 2.24) is 4.98 Å². The molecule has 0 amide bonds. The highest BCUT2D eigenvalue weighted by Crippen LogP contribution is 2.58. The summed E-state index contributed by atoms with van der Waals surface area (Å²) in [5.74, 6) is 0. The van der Waals surface area contributed by atoms with Gasteiger partial charge in [0.15, 0.2) is 0 Å². The lowest BCUT2D eigenvalue weighted by atomic mass is 9.52. The fraction of sp³-hybridized carbons (Fsp3) is 0.281. The summed E-state index contributed by atoms with van der Waals surface area (Å²) < 4.78 is 0. The molecule has 1 aliphatic rings. The fourth-order valence-corrected chi connectivity index (χ4v) is 6.27. The maximum Gasteiger partial charge on any atom is 0.0521 e. The van der Waals surface area contributed by atoms with Gasteiger partial charge in [0.05, 0.1) is 11.1 Å². The number of pyridine rings is 1. The smallest absolute Gasteiger partial charge is 0.0521 e. The van der Waals surface area contributed by atoms with Gasteiger partial charge in [0, 0.05) is 11.6 Å². The topological polar surface area (TPSA) is 12.9 Å². The Hall–Kier alpha value is -3.19. The Balaban J connectivity index is 1.86. The van der Waals surface area contributed by atoms with Crippen molar-refractivity contribution in [3.8, 4) is 0 Å². The molecule has 1 unspecified atom stereocenters. The second-order valence-electron chi connectivity index (χ2n) is 9.81. The van der Waals surface area contributed by atoms with Crippen molar-refractivity contribution in [2.24, 2.45) is 0 Å². The second-order valence-corrected chi connectivity index (χ2v) is 9.81. The molecule has 0 radical (unpaired) electrons. The number of aryl methyl sites for hydroxylation is 2. The Bertz CT molecular complexity index is 1190. The van der Waals surface area contributed by atoms with Crippen LogP contribution in [0, 0.1) is 13.8 Å². The van der Waals surface area contributed by atoms with Gasteiger partial charge in [-0.2, -0.15) is 0 Å². The lowest BCUT2D eigenvalue weighted by molar-refractivity contribution is 0.249. The summed E-state index contributed by atoms with van der Waals surface area (Å²) in [6, 6.07) is 36.0. The lowest BCUT2D eigenvalue weighted by Gasteiger charge is -2.50. The molecule has 1 atom stereocenters. The van der Waals surface area contributed by atoms with Crippen molar-refractivity contribution in [2.75, 3.05) is 0 Å². The van der Waals surface area contributed by atoms with Gasteiger partial charge in [0.25, 0.3) is 0 Å². The molecule has 0 bridgehead atoms. The Morgan fingerprint density at radius 1 is 0.727 bits per heavy atom. The zero-order valence-electron chi connectivity index (χ0n) is 19.8. The van der Waals surface area contributed by atoms with Crippen molar-refractivity contribution in [1.29, 1.82) is 0 Å². The average Bonchev–Trinajstić information content (AvgIpc) is 3.35. The van der Waals surface area contributed by atoms with Gasteiger partial charge < -0.3 is 0 Å². The minimum Gasteiger partial charge on any atom is -0.260 e. The lowest BCUT2D eigenvalue weighted by Crippen LogP contribution is -2.51. The summed E-state index contributed by atoms with van der Waals surface area (Å²) in [6.45, 7) is 4.39. The van der Waals surface area contributed by atoms with E-state index in [4.69, 9.17) is 4.98 Å². The highest BCUT2D eigenvalue weighted by molar-refractivity contribution is 5.50. The molecule has 1 aliphatic carbocycles. The largest absolute Gasteiger partial charge is 0.260 e. The molecule has 0 N–H and O–H groups in total. The minimum absolute atomic E-state index is 0.0152. The van der Waals surface area contributed by atoms with Crippen LogP contribution in [0.5, 0.6) is 0 Å². The van der Waals surface area contributed by atoms with E-state index in [9.17, 15) is 0 Å². The summed E-state index contributed by atoms with van der Waals surface area (Å²) in [7, 11) is 0. The van der Waals surface area contributed by atoms with Gasteiger partial charge in [-0.3, -0.25) is 4.98 Å². The predicted octanol–water partition coefficient (Wildman–Crippen LogP) is 7.74. The molecule has 1 heterocycles. The average molecular weight is 432 g/mol. The number of hydrogen-bond donors (Lipinski definition) is 0. The van der Waals surface area contributed by atoms with Crippen LogP contribution < -0.4 is 0 Å². The third-order valence-electron chi connectivity index (χ3n) is 7.80. The van der Waals surface area contributed by atoms with E-state index >= 15 is 0 Å². The Morgan fingerprint density at radius 3 is 2.12 bits per heavy atom. The van der Waals surface area contributed by atoms with E-state index in [-0.39, 0.29) is 10.8 Å². The van der Waals surface area contributed by atoms with Crippen molar-refractivity contribution < 1.29 is 0 Å². The molecule has 1 aromatic heterocycles. The normalized spacial score (nSPS) is 16.9. The van der Waals surface area contributed by atoms with Gasteiger partial charge in [0.1, 0.15) is 0 Å². The zero-order chi connectivity index (χ0) is 22.7. The van der Waals surface area contributed by atoms with Crippen LogP contribution >= 0.6 is 0 Å². The van der Waals surface area contributed by atoms with Gasteiger partial charge in [-0.1, -0.05) is 109 Å². The first kappa shape index (κ1) is 21.6. The van der Waals surface area contributed by atoms with E-state index in [1.165, 1.54) is 59.2 Å². The highest BCUT2D eigenvalue weighted by Gasteiger charge is 2.56. The van der Waals surface area contributed by atoms with Crippen molar-refractivity contribution >= 4 is 0 Å². The highest BCUT2D eigenvalue weighted by atomic mass is 14.7. The first-order valence-electron chi connectivity index (χ1n) is 12.2. The first-order chi connectivity index (χ1) is 16.1. The molecule has 0 spiro atoms. The molecule has 0 aliphatic heterocycles. The Morgan fingerprint density at radius 2 is 1.45 bits per heavy atom. The molecule has 0 saturated heterocycles. The minimum atomic E-state index is -0.257. The second kappa shape index (κ2) is 8.98. The summed E-state index contributed by atoms with van der Waals surface area (Å²) >= 11 is 0. The van der Waals surface area contributed by atoms with Crippen LogP contribution in [0.3, 0.4) is 0 Å². The summed E-state index contributed by atoms with van der Waals surface area (Å²) in [5.41, 5.74) is 7.73. The SMILES string of the molecule is Cc1ccc(C2(C(Cc3ccccc3)(c3cccc(C)c3)c3ccccn3)CCCC2)cc1. The molecule has 1 heteroatoms. The zero-order valence-corrected chi connectivity index (χ0v) is 19.8. The maximum atomic E-state index is 5.09. The summed E-state index contributed by atoms with van der Waals surface area (Å²) in [5, 5.41) is 0. The van der Waals surface area contributed by atoms with E-state index in [1.54, 1.807) is 0 Å². The number of benzene rings is 3. The molecule has 5 rings (SSSR count). The molecule has 1 fully saturated rings. The maximum absolute atomic E-state index is 5.09. The van der Waals surface area contributed by atoms with E-state index in [0.29, 0.717) is 0 Å². The molecule has 3 aromatic carbocycles. The van der Waals surface area contributed by atoms with E-state index in [1.807, 2.05) is 12.3 Å². The molecule has 4 aromatic rings.